The Kier molecular flexibility index (Phi) is 4.41. The average Bonchev–Trinajstić information content (AvgIpc) is 3.17. The number of Topliss-reactive ketones (excluding diaryl/α,β-unsaturated/α-hetero) is 1. The Morgan fingerprint density at radius 2 is 2.28 bits per heavy atom. The minimum absolute atomic E-state index is 0.00792. The summed E-state index contributed by atoms with van der Waals surface area (Å²) in [6.07, 6.45) is 1.38. The van der Waals surface area contributed by atoms with Crippen LogP contribution in [0.3, 0.4) is 0 Å². The lowest BCUT2D eigenvalue weighted by atomic mass is 10.0. The maximum Gasteiger partial charge on any atom is 0.194 e. The molecule has 1 aromatic carbocycles. The summed E-state index contributed by atoms with van der Waals surface area (Å²) in [4.78, 5) is 12.3. The minimum Gasteiger partial charge on any atom is -0.370 e. The molecule has 0 amide bonds. The van der Waals surface area contributed by atoms with Crippen LogP contribution in [-0.2, 0) is 4.74 Å². The summed E-state index contributed by atoms with van der Waals surface area (Å²) in [7, 11) is 0. The summed E-state index contributed by atoms with van der Waals surface area (Å²) in [5.41, 5.74) is 0.00792. The topological polar surface area (TPSA) is 26.3 Å². The fourth-order valence-corrected chi connectivity index (χ4v) is 2.34. The fraction of sp³-hybridized carbons (Fsp3) is 0.462. The van der Waals surface area contributed by atoms with Gasteiger partial charge in [0.1, 0.15) is 6.10 Å². The summed E-state index contributed by atoms with van der Waals surface area (Å²) in [6, 6.07) is 3.02. The highest BCUT2D eigenvalue weighted by molar-refractivity contribution is 9.10. The highest BCUT2D eigenvalue weighted by Crippen LogP contribution is 2.37. The molecule has 1 aliphatic carbocycles. The highest BCUT2D eigenvalue weighted by Gasteiger charge is 2.38. The van der Waals surface area contributed by atoms with Gasteiger partial charge in [-0.2, -0.15) is 0 Å². The molecule has 0 radical (unpaired) electrons. The van der Waals surface area contributed by atoms with Crippen LogP contribution in [0.25, 0.3) is 0 Å². The van der Waals surface area contributed by atoms with Crippen LogP contribution in [0.15, 0.2) is 16.6 Å². The Balaban J connectivity index is 2.29. The molecule has 1 unspecified atom stereocenters. The lowest BCUT2D eigenvalue weighted by molar-refractivity contribution is 0.0371. The van der Waals surface area contributed by atoms with Crippen LogP contribution in [0.1, 0.15) is 30.1 Å². The lowest BCUT2D eigenvalue weighted by Crippen LogP contribution is -2.27. The highest BCUT2D eigenvalue weighted by atomic mass is 79.9. The van der Waals surface area contributed by atoms with E-state index in [0.717, 1.165) is 12.8 Å². The van der Waals surface area contributed by atoms with Gasteiger partial charge in [0.2, 0.25) is 0 Å². The number of hydrogen-bond donors (Lipinski definition) is 0. The van der Waals surface area contributed by atoms with Crippen molar-refractivity contribution in [2.45, 2.75) is 25.9 Å². The van der Waals surface area contributed by atoms with Crippen molar-refractivity contribution in [2.75, 3.05) is 6.61 Å². The van der Waals surface area contributed by atoms with Gasteiger partial charge < -0.3 is 4.74 Å². The number of benzene rings is 1. The second-order valence-corrected chi connectivity index (χ2v) is 5.53. The number of ether oxygens (including phenoxy) is 1. The summed E-state index contributed by atoms with van der Waals surface area (Å²) < 4.78 is 19.8. The molecule has 18 heavy (non-hydrogen) atoms. The van der Waals surface area contributed by atoms with Gasteiger partial charge >= 0.3 is 0 Å². The Bertz CT molecular complexity index is 474. The molecule has 0 heterocycles. The van der Waals surface area contributed by atoms with Gasteiger partial charge in [0.05, 0.1) is 10.6 Å². The van der Waals surface area contributed by atoms with E-state index in [1.165, 1.54) is 6.07 Å². The van der Waals surface area contributed by atoms with Crippen LogP contribution >= 0.6 is 27.5 Å². The smallest absolute Gasteiger partial charge is 0.194 e. The maximum atomic E-state index is 14.0. The second kappa shape index (κ2) is 5.68. The predicted molar refractivity (Wildman–Crippen MR) is 71.6 cm³/mol. The van der Waals surface area contributed by atoms with E-state index in [9.17, 15) is 9.18 Å². The molecule has 1 aromatic rings. The van der Waals surface area contributed by atoms with E-state index in [0.29, 0.717) is 11.1 Å². The van der Waals surface area contributed by atoms with Gasteiger partial charge in [-0.05, 0) is 53.7 Å². The molecule has 0 saturated heterocycles. The van der Waals surface area contributed by atoms with Crippen molar-refractivity contribution < 1.29 is 13.9 Å². The number of halogens is 3. The van der Waals surface area contributed by atoms with E-state index < -0.39 is 11.9 Å². The summed E-state index contributed by atoms with van der Waals surface area (Å²) >= 11 is 8.91. The first-order valence-corrected chi connectivity index (χ1v) is 7.02. The molecule has 0 aromatic heterocycles. The zero-order valence-corrected chi connectivity index (χ0v) is 12.2. The minimum atomic E-state index is -0.679. The van der Waals surface area contributed by atoms with Crippen molar-refractivity contribution in [3.63, 3.8) is 0 Å². The molecule has 0 aliphatic heterocycles. The molecular formula is C13H13BrClFO2. The number of rotatable bonds is 5. The van der Waals surface area contributed by atoms with Crippen LogP contribution in [-0.4, -0.2) is 18.5 Å². The predicted octanol–water partition coefficient (Wildman–Crippen LogP) is 4.24. The molecule has 2 nitrogen and oxygen atoms in total. The lowest BCUT2D eigenvalue weighted by Gasteiger charge is -2.16. The zero-order chi connectivity index (χ0) is 13.3. The van der Waals surface area contributed by atoms with Crippen LogP contribution in [0.5, 0.6) is 0 Å². The van der Waals surface area contributed by atoms with Crippen molar-refractivity contribution in [1.82, 2.24) is 0 Å². The molecular weight excluding hydrogens is 322 g/mol. The second-order valence-electron chi connectivity index (χ2n) is 4.30. The maximum absolute atomic E-state index is 14.0. The van der Waals surface area contributed by atoms with E-state index in [1.54, 1.807) is 6.07 Å². The fourth-order valence-electron chi connectivity index (χ4n) is 1.87. The molecule has 2 rings (SSSR count). The van der Waals surface area contributed by atoms with Crippen LogP contribution in [0.4, 0.5) is 4.39 Å². The monoisotopic (exact) mass is 334 g/mol. The van der Waals surface area contributed by atoms with Gasteiger partial charge in [-0.25, -0.2) is 4.39 Å². The van der Waals surface area contributed by atoms with E-state index in [-0.39, 0.29) is 22.3 Å². The molecule has 1 saturated carbocycles. The largest absolute Gasteiger partial charge is 0.370 e. The third-order valence-corrected chi connectivity index (χ3v) is 4.21. The van der Waals surface area contributed by atoms with Gasteiger partial charge in [0.25, 0.3) is 0 Å². The molecule has 0 N–H and O–H groups in total. The van der Waals surface area contributed by atoms with E-state index in [2.05, 4.69) is 15.9 Å². The van der Waals surface area contributed by atoms with Crippen LogP contribution < -0.4 is 0 Å². The summed E-state index contributed by atoms with van der Waals surface area (Å²) in [5.74, 6) is -0.771. The number of ketones is 1. The first-order valence-electron chi connectivity index (χ1n) is 5.85. The Hall–Kier alpha value is -0.450. The molecule has 98 valence electrons. The van der Waals surface area contributed by atoms with E-state index >= 15 is 0 Å². The third kappa shape index (κ3) is 2.76. The van der Waals surface area contributed by atoms with Crippen molar-refractivity contribution in [2.24, 2.45) is 5.92 Å². The Morgan fingerprint density at radius 1 is 1.61 bits per heavy atom. The van der Waals surface area contributed by atoms with Crippen LogP contribution in [0, 0.1) is 11.7 Å². The van der Waals surface area contributed by atoms with Crippen molar-refractivity contribution >= 4 is 33.3 Å². The van der Waals surface area contributed by atoms with Crippen molar-refractivity contribution in [3.05, 3.63) is 33.0 Å². The molecule has 1 aliphatic rings. The van der Waals surface area contributed by atoms with Crippen LogP contribution in [0.2, 0.25) is 5.02 Å². The van der Waals surface area contributed by atoms with Crippen molar-refractivity contribution in [1.29, 1.82) is 0 Å². The quantitative estimate of drug-likeness (QED) is 0.594. The van der Waals surface area contributed by atoms with E-state index in [1.807, 2.05) is 6.92 Å². The van der Waals surface area contributed by atoms with Gasteiger partial charge in [-0.3, -0.25) is 4.79 Å². The van der Waals surface area contributed by atoms with Gasteiger partial charge in [-0.15, -0.1) is 0 Å². The summed E-state index contributed by atoms with van der Waals surface area (Å²) in [6.45, 7) is 2.27. The first-order chi connectivity index (χ1) is 8.56. The first kappa shape index (κ1) is 14.0. The number of carbonyl (C=O) groups excluding carboxylic acids is 1. The molecule has 1 fully saturated rings. The van der Waals surface area contributed by atoms with Gasteiger partial charge in [-0.1, -0.05) is 11.6 Å². The number of hydrogen-bond acceptors (Lipinski definition) is 2. The Morgan fingerprint density at radius 3 is 2.83 bits per heavy atom. The van der Waals surface area contributed by atoms with Crippen molar-refractivity contribution in [3.8, 4) is 0 Å². The average molecular weight is 336 g/mol. The van der Waals surface area contributed by atoms with Gasteiger partial charge in [0.15, 0.2) is 11.6 Å². The SMILES string of the molecule is CCOC(C(=O)c1ccc(Br)c(Cl)c1F)C1CC1. The normalized spacial score (nSPS) is 16.7. The molecule has 5 heteroatoms. The third-order valence-electron chi connectivity index (χ3n) is 2.96. The molecule has 1 atom stereocenters. The number of carbonyl (C=O) groups is 1. The molecule has 0 spiro atoms. The Labute approximate surface area is 119 Å². The van der Waals surface area contributed by atoms with E-state index in [4.69, 9.17) is 16.3 Å². The summed E-state index contributed by atoms with van der Waals surface area (Å²) in [5, 5.41) is -0.0631. The standard InChI is InChI=1S/C13H13BrClFO2/c1-2-18-13(7-3-4-7)12(17)8-5-6-9(14)10(15)11(8)16/h5-7,13H,2-4H2,1H3. The zero-order valence-electron chi connectivity index (χ0n) is 9.88. The molecule has 0 bridgehead atoms. The van der Waals surface area contributed by atoms with Gasteiger partial charge in [0, 0.05) is 11.1 Å².